The van der Waals surface area contributed by atoms with Crippen molar-refractivity contribution in [2.75, 3.05) is 38.2 Å². The van der Waals surface area contributed by atoms with Gasteiger partial charge in [0, 0.05) is 13.6 Å². The summed E-state index contributed by atoms with van der Waals surface area (Å²) in [4.78, 5) is 11.6. The lowest BCUT2D eigenvalue weighted by Gasteiger charge is -2.28. The van der Waals surface area contributed by atoms with Gasteiger partial charge in [0.2, 0.25) is 0 Å². The van der Waals surface area contributed by atoms with Crippen molar-refractivity contribution >= 4 is 16.9 Å². The van der Waals surface area contributed by atoms with E-state index in [1.54, 1.807) is 0 Å². The van der Waals surface area contributed by atoms with Crippen LogP contribution in [0.25, 0.3) is 11.0 Å². The smallest absolute Gasteiger partial charge is 0.258 e. The summed E-state index contributed by atoms with van der Waals surface area (Å²) in [7, 11) is 2.08. The Kier molecular flexibility index (Phi) is 4.73. The predicted octanol–water partition coefficient (Wildman–Crippen LogP) is 2.46. The Morgan fingerprint density at radius 1 is 1.27 bits per heavy atom. The summed E-state index contributed by atoms with van der Waals surface area (Å²) in [6, 6.07) is 7.94. The zero-order valence-corrected chi connectivity index (χ0v) is 13.4. The number of ether oxygens (including phenoxy) is 1. The van der Waals surface area contributed by atoms with Crippen molar-refractivity contribution in [3.63, 3.8) is 0 Å². The first-order chi connectivity index (χ1) is 10.8. The Labute approximate surface area is 131 Å². The largest absolute Gasteiger partial charge is 0.475 e. The molecule has 0 aliphatic carbocycles. The van der Waals surface area contributed by atoms with E-state index in [-0.39, 0.29) is 0 Å². The number of benzene rings is 1. The molecule has 0 bridgehead atoms. The van der Waals surface area contributed by atoms with Gasteiger partial charge in [0.25, 0.3) is 5.88 Å². The monoisotopic (exact) mass is 300 g/mol. The molecular formula is C17H24N4O. The third-order valence-electron chi connectivity index (χ3n) is 4.09. The molecule has 1 N–H and O–H groups in total. The molecule has 1 aromatic heterocycles. The lowest BCUT2D eigenvalue weighted by Crippen LogP contribution is -2.37. The zero-order valence-electron chi connectivity index (χ0n) is 13.4. The second-order valence-corrected chi connectivity index (χ2v) is 5.87. The van der Waals surface area contributed by atoms with E-state index < -0.39 is 0 Å². The lowest BCUT2D eigenvalue weighted by atomic mass is 9.99. The number of piperidine rings is 1. The molecule has 1 aliphatic rings. The van der Waals surface area contributed by atoms with E-state index in [9.17, 15) is 0 Å². The number of anilines is 1. The van der Waals surface area contributed by atoms with Crippen molar-refractivity contribution in [3.05, 3.63) is 24.3 Å². The summed E-state index contributed by atoms with van der Waals surface area (Å²) in [5.74, 6) is 2.13. The standard InChI is InChI=1S/C17H24N4O/c1-3-22-17-16(19-14-8-4-5-9-15(14)20-17)21(2)12-13-7-6-10-18-11-13/h4-5,8-9,13,18H,3,6-7,10-12H2,1-2H3/t13-/m0/s1. The van der Waals surface area contributed by atoms with Crippen LogP contribution in [0.2, 0.25) is 0 Å². The molecule has 0 spiro atoms. The molecular weight excluding hydrogens is 276 g/mol. The second kappa shape index (κ2) is 6.92. The van der Waals surface area contributed by atoms with E-state index in [2.05, 4.69) is 22.2 Å². The van der Waals surface area contributed by atoms with Crippen LogP contribution < -0.4 is 15.0 Å². The van der Waals surface area contributed by atoms with Crippen LogP contribution in [0.5, 0.6) is 5.88 Å². The number of rotatable bonds is 5. The number of para-hydroxylation sites is 2. The molecule has 22 heavy (non-hydrogen) atoms. The van der Waals surface area contributed by atoms with Gasteiger partial charge in [-0.25, -0.2) is 9.97 Å². The van der Waals surface area contributed by atoms with Gasteiger partial charge in [-0.3, -0.25) is 0 Å². The van der Waals surface area contributed by atoms with E-state index in [4.69, 9.17) is 9.72 Å². The summed E-state index contributed by atoms with van der Waals surface area (Å²) in [6.07, 6.45) is 2.52. The minimum absolute atomic E-state index is 0.596. The molecule has 5 heteroatoms. The Morgan fingerprint density at radius 2 is 2.05 bits per heavy atom. The van der Waals surface area contributed by atoms with Crippen molar-refractivity contribution in [2.24, 2.45) is 5.92 Å². The minimum Gasteiger partial charge on any atom is -0.475 e. The highest BCUT2D eigenvalue weighted by atomic mass is 16.5. The number of nitrogens with one attached hydrogen (secondary N) is 1. The van der Waals surface area contributed by atoms with Gasteiger partial charge in [-0.15, -0.1) is 0 Å². The highest BCUT2D eigenvalue weighted by Gasteiger charge is 2.19. The molecule has 1 aliphatic heterocycles. The molecule has 118 valence electrons. The molecule has 0 radical (unpaired) electrons. The summed E-state index contributed by atoms with van der Waals surface area (Å²) in [6.45, 7) is 5.76. The average Bonchev–Trinajstić information content (AvgIpc) is 2.55. The molecule has 5 nitrogen and oxygen atoms in total. The SMILES string of the molecule is CCOc1nc2ccccc2nc1N(C)C[C@H]1CCCNC1. The topological polar surface area (TPSA) is 50.3 Å². The van der Waals surface area contributed by atoms with Crippen molar-refractivity contribution in [1.29, 1.82) is 0 Å². The Balaban J connectivity index is 1.87. The average molecular weight is 300 g/mol. The van der Waals surface area contributed by atoms with E-state index in [0.29, 0.717) is 18.4 Å². The quantitative estimate of drug-likeness (QED) is 0.919. The molecule has 0 amide bonds. The first-order valence-electron chi connectivity index (χ1n) is 8.09. The van der Waals surface area contributed by atoms with Gasteiger partial charge in [0.15, 0.2) is 5.82 Å². The van der Waals surface area contributed by atoms with Crippen molar-refractivity contribution in [3.8, 4) is 5.88 Å². The van der Waals surface area contributed by atoms with E-state index >= 15 is 0 Å². The maximum Gasteiger partial charge on any atom is 0.258 e. The van der Waals surface area contributed by atoms with Gasteiger partial charge >= 0.3 is 0 Å². The second-order valence-electron chi connectivity index (χ2n) is 5.87. The fraction of sp³-hybridized carbons (Fsp3) is 0.529. The number of aromatic nitrogens is 2. The molecule has 3 rings (SSSR count). The van der Waals surface area contributed by atoms with Crippen molar-refractivity contribution < 1.29 is 4.74 Å². The van der Waals surface area contributed by atoms with Crippen LogP contribution in [-0.4, -0.2) is 43.3 Å². The van der Waals surface area contributed by atoms with Gasteiger partial charge in [0.05, 0.1) is 17.6 Å². The Bertz CT molecular complexity index is 625. The van der Waals surface area contributed by atoms with Gasteiger partial charge in [0.1, 0.15) is 0 Å². The van der Waals surface area contributed by atoms with Gasteiger partial charge in [-0.1, -0.05) is 12.1 Å². The van der Waals surface area contributed by atoms with Crippen LogP contribution in [0.4, 0.5) is 5.82 Å². The molecule has 2 aromatic rings. The van der Waals surface area contributed by atoms with E-state index in [1.165, 1.54) is 12.8 Å². The van der Waals surface area contributed by atoms with Crippen molar-refractivity contribution in [2.45, 2.75) is 19.8 Å². The summed E-state index contributed by atoms with van der Waals surface area (Å²) >= 11 is 0. The predicted molar refractivity (Wildman–Crippen MR) is 89.6 cm³/mol. The fourth-order valence-electron chi connectivity index (χ4n) is 3.01. The van der Waals surface area contributed by atoms with Crippen LogP contribution in [0.15, 0.2) is 24.3 Å². The molecule has 2 heterocycles. The third-order valence-corrected chi connectivity index (χ3v) is 4.09. The third kappa shape index (κ3) is 3.30. The minimum atomic E-state index is 0.596. The number of fused-ring (bicyclic) bond motifs is 1. The molecule has 0 unspecified atom stereocenters. The zero-order chi connectivity index (χ0) is 15.4. The highest BCUT2D eigenvalue weighted by molar-refractivity contribution is 5.77. The van der Waals surface area contributed by atoms with Crippen LogP contribution in [0.1, 0.15) is 19.8 Å². The van der Waals surface area contributed by atoms with Crippen LogP contribution in [-0.2, 0) is 0 Å². The van der Waals surface area contributed by atoms with E-state index in [0.717, 1.165) is 36.5 Å². The lowest BCUT2D eigenvalue weighted by molar-refractivity contribution is 0.325. The van der Waals surface area contributed by atoms with Gasteiger partial charge < -0.3 is 15.0 Å². The summed E-state index contributed by atoms with van der Waals surface area (Å²) in [5, 5.41) is 3.47. The molecule has 1 aromatic carbocycles. The van der Waals surface area contributed by atoms with Crippen LogP contribution in [0, 0.1) is 5.92 Å². The molecule has 1 fully saturated rings. The Hall–Kier alpha value is -1.88. The number of hydrogen-bond donors (Lipinski definition) is 1. The van der Waals surface area contributed by atoms with Crippen LogP contribution in [0.3, 0.4) is 0 Å². The summed E-state index contributed by atoms with van der Waals surface area (Å²) in [5.41, 5.74) is 1.79. The first-order valence-corrected chi connectivity index (χ1v) is 8.09. The molecule has 0 saturated carbocycles. The molecule has 1 saturated heterocycles. The normalized spacial score (nSPS) is 18.4. The van der Waals surface area contributed by atoms with Crippen molar-refractivity contribution in [1.82, 2.24) is 15.3 Å². The van der Waals surface area contributed by atoms with Gasteiger partial charge in [-0.2, -0.15) is 0 Å². The number of nitrogens with zero attached hydrogens (tertiary/aromatic N) is 3. The maximum absolute atomic E-state index is 5.72. The van der Waals surface area contributed by atoms with Crippen LogP contribution >= 0.6 is 0 Å². The Morgan fingerprint density at radius 3 is 2.73 bits per heavy atom. The highest BCUT2D eigenvalue weighted by Crippen LogP contribution is 2.27. The molecule has 1 atom stereocenters. The van der Waals surface area contributed by atoms with Gasteiger partial charge in [-0.05, 0) is 50.9 Å². The maximum atomic E-state index is 5.72. The number of hydrogen-bond acceptors (Lipinski definition) is 5. The van der Waals surface area contributed by atoms with E-state index in [1.807, 2.05) is 31.2 Å². The fourth-order valence-corrected chi connectivity index (χ4v) is 3.01. The summed E-state index contributed by atoms with van der Waals surface area (Å²) < 4.78 is 5.72. The first kappa shape index (κ1) is 15.0.